The van der Waals surface area contributed by atoms with Crippen molar-refractivity contribution in [2.24, 2.45) is 5.92 Å². The van der Waals surface area contributed by atoms with E-state index in [4.69, 9.17) is 4.74 Å². The Labute approximate surface area is 191 Å². The standard InChI is InChI=1S/C22H31F2N5O2S/c1-15-6-11-29(27-15)13-21(30)25-17-4-2-16(3-5-17)7-9-28-10-8-19-18(12-28)26-22(32-19)31-14-20(23)24/h6,11,16-17,20H,2-5,7-10,12-14H2,1H3,(H,25,30). The Hall–Kier alpha value is -2.07. The first-order valence-corrected chi connectivity index (χ1v) is 12.2. The molecule has 176 valence electrons. The Morgan fingerprint density at radius 1 is 1.34 bits per heavy atom. The van der Waals surface area contributed by atoms with Crippen LogP contribution >= 0.6 is 11.3 Å². The minimum atomic E-state index is -2.48. The van der Waals surface area contributed by atoms with Gasteiger partial charge < -0.3 is 10.1 Å². The van der Waals surface area contributed by atoms with Crippen LogP contribution in [0.3, 0.4) is 0 Å². The first-order chi connectivity index (χ1) is 15.4. The summed E-state index contributed by atoms with van der Waals surface area (Å²) in [5.41, 5.74) is 1.89. The van der Waals surface area contributed by atoms with Gasteiger partial charge in [0.25, 0.3) is 11.6 Å². The molecule has 1 saturated carbocycles. The van der Waals surface area contributed by atoms with E-state index >= 15 is 0 Å². The van der Waals surface area contributed by atoms with Gasteiger partial charge in [-0.25, -0.2) is 13.8 Å². The molecule has 0 spiro atoms. The largest absolute Gasteiger partial charge is 0.464 e. The van der Waals surface area contributed by atoms with Gasteiger partial charge in [0.2, 0.25) is 5.91 Å². The highest BCUT2D eigenvalue weighted by atomic mass is 32.1. The highest BCUT2D eigenvalue weighted by molar-refractivity contribution is 7.13. The fourth-order valence-corrected chi connectivity index (χ4v) is 5.46. The van der Waals surface area contributed by atoms with Crippen molar-refractivity contribution in [3.8, 4) is 5.19 Å². The second-order valence-corrected chi connectivity index (χ2v) is 9.85. The molecule has 2 aromatic heterocycles. The number of aryl methyl sites for hydroxylation is 1. The van der Waals surface area contributed by atoms with Crippen LogP contribution in [0.15, 0.2) is 12.3 Å². The van der Waals surface area contributed by atoms with Gasteiger partial charge in [-0.1, -0.05) is 11.3 Å². The molecule has 1 fully saturated rings. The summed E-state index contributed by atoms with van der Waals surface area (Å²) in [6.07, 6.45) is 5.71. The average Bonchev–Trinajstić information content (AvgIpc) is 3.36. The van der Waals surface area contributed by atoms with Crippen LogP contribution in [0.5, 0.6) is 5.19 Å². The topological polar surface area (TPSA) is 72.3 Å². The molecule has 1 aliphatic heterocycles. The maximum atomic E-state index is 12.3. The van der Waals surface area contributed by atoms with Crippen molar-refractivity contribution in [3.05, 3.63) is 28.5 Å². The number of ether oxygens (including phenoxy) is 1. The third-order valence-corrected chi connectivity index (χ3v) is 7.33. The van der Waals surface area contributed by atoms with Gasteiger partial charge in [0.15, 0.2) is 6.61 Å². The fraction of sp³-hybridized carbons (Fsp3) is 0.682. The third-order valence-electron chi connectivity index (χ3n) is 6.26. The average molecular weight is 468 g/mol. The Bertz CT molecular complexity index is 895. The van der Waals surface area contributed by atoms with Crippen LogP contribution in [0.4, 0.5) is 8.78 Å². The molecule has 0 atom stereocenters. The molecule has 2 aromatic rings. The smallest absolute Gasteiger partial charge is 0.273 e. The van der Waals surface area contributed by atoms with Gasteiger partial charge in [0.05, 0.1) is 11.4 Å². The van der Waals surface area contributed by atoms with Gasteiger partial charge in [0, 0.05) is 30.2 Å². The number of nitrogens with one attached hydrogen (secondary N) is 1. The predicted molar refractivity (Wildman–Crippen MR) is 118 cm³/mol. The lowest BCUT2D eigenvalue weighted by molar-refractivity contribution is -0.122. The van der Waals surface area contributed by atoms with Gasteiger partial charge in [-0.2, -0.15) is 5.10 Å². The first-order valence-electron chi connectivity index (χ1n) is 11.4. The number of carbonyl (C=O) groups is 1. The lowest BCUT2D eigenvalue weighted by atomic mass is 9.84. The van der Waals surface area contributed by atoms with E-state index in [0.29, 0.717) is 11.1 Å². The zero-order valence-corrected chi connectivity index (χ0v) is 19.3. The number of thiazole rings is 1. The predicted octanol–water partition coefficient (Wildman–Crippen LogP) is 3.42. The number of rotatable bonds is 9. The van der Waals surface area contributed by atoms with E-state index in [1.165, 1.54) is 11.3 Å². The Balaban J connectivity index is 1.14. The van der Waals surface area contributed by atoms with E-state index in [1.807, 2.05) is 19.2 Å². The van der Waals surface area contributed by atoms with Crippen molar-refractivity contribution in [2.45, 2.75) is 71.0 Å². The minimum Gasteiger partial charge on any atom is -0.464 e. The molecule has 0 bridgehead atoms. The van der Waals surface area contributed by atoms with Crippen molar-refractivity contribution in [1.82, 2.24) is 25.0 Å². The molecule has 0 unspecified atom stereocenters. The van der Waals surface area contributed by atoms with E-state index in [0.717, 1.165) is 74.4 Å². The molecule has 0 radical (unpaired) electrons. The molecule has 7 nitrogen and oxygen atoms in total. The van der Waals surface area contributed by atoms with E-state index in [-0.39, 0.29) is 18.5 Å². The van der Waals surface area contributed by atoms with Crippen LogP contribution < -0.4 is 10.1 Å². The van der Waals surface area contributed by atoms with Crippen LogP contribution in [-0.4, -0.2) is 57.7 Å². The number of hydrogen-bond donors (Lipinski definition) is 1. The zero-order valence-electron chi connectivity index (χ0n) is 18.4. The third kappa shape index (κ3) is 6.48. The summed E-state index contributed by atoms with van der Waals surface area (Å²) in [5.74, 6) is 0.708. The Morgan fingerprint density at radius 3 is 2.88 bits per heavy atom. The summed E-state index contributed by atoms with van der Waals surface area (Å²) in [6, 6.07) is 2.16. The minimum absolute atomic E-state index is 0.0285. The molecule has 0 saturated heterocycles. The second kappa shape index (κ2) is 10.7. The van der Waals surface area contributed by atoms with Crippen LogP contribution in [0.1, 0.15) is 48.4 Å². The molecule has 2 aliphatic rings. The van der Waals surface area contributed by atoms with Gasteiger partial charge in [0.1, 0.15) is 6.54 Å². The number of carbonyl (C=O) groups excluding carboxylic acids is 1. The number of halogens is 2. The fourth-order valence-electron chi connectivity index (χ4n) is 4.55. The van der Waals surface area contributed by atoms with Crippen LogP contribution in [-0.2, 0) is 24.3 Å². The second-order valence-electron chi connectivity index (χ2n) is 8.81. The normalized spacial score (nSPS) is 21.5. The van der Waals surface area contributed by atoms with Crippen molar-refractivity contribution in [2.75, 3.05) is 19.7 Å². The van der Waals surface area contributed by atoms with E-state index in [9.17, 15) is 13.6 Å². The van der Waals surface area contributed by atoms with Crippen molar-refractivity contribution in [1.29, 1.82) is 0 Å². The highest BCUT2D eigenvalue weighted by Gasteiger charge is 2.25. The first kappa shape index (κ1) is 23.1. The number of fused-ring (bicyclic) bond motifs is 1. The number of alkyl halides is 2. The van der Waals surface area contributed by atoms with E-state index < -0.39 is 13.0 Å². The molecule has 10 heteroatoms. The van der Waals surface area contributed by atoms with Gasteiger partial charge in [-0.15, -0.1) is 0 Å². The zero-order chi connectivity index (χ0) is 22.5. The molecule has 1 aliphatic carbocycles. The Kier molecular flexibility index (Phi) is 7.72. The molecule has 32 heavy (non-hydrogen) atoms. The van der Waals surface area contributed by atoms with Crippen LogP contribution in [0, 0.1) is 12.8 Å². The molecular weight excluding hydrogens is 436 g/mol. The number of hydrogen-bond acceptors (Lipinski definition) is 6. The summed E-state index contributed by atoms with van der Waals surface area (Å²) < 4.78 is 31.4. The van der Waals surface area contributed by atoms with E-state index in [1.54, 1.807) is 4.68 Å². The SMILES string of the molecule is Cc1ccn(CC(=O)NC2CCC(CCN3CCc4sc(OCC(F)F)nc4C3)CC2)n1. The van der Waals surface area contributed by atoms with Gasteiger partial charge in [-0.05, 0) is 64.0 Å². The summed E-state index contributed by atoms with van der Waals surface area (Å²) in [5, 5.41) is 7.78. The van der Waals surface area contributed by atoms with E-state index in [2.05, 4.69) is 20.3 Å². The molecule has 1 amide bonds. The van der Waals surface area contributed by atoms with Crippen molar-refractivity contribution >= 4 is 17.2 Å². The maximum Gasteiger partial charge on any atom is 0.273 e. The number of amides is 1. The summed E-state index contributed by atoms with van der Waals surface area (Å²) in [7, 11) is 0. The lowest BCUT2D eigenvalue weighted by Crippen LogP contribution is -2.40. The lowest BCUT2D eigenvalue weighted by Gasteiger charge is -2.32. The monoisotopic (exact) mass is 467 g/mol. The van der Waals surface area contributed by atoms with Crippen LogP contribution in [0.25, 0.3) is 0 Å². The van der Waals surface area contributed by atoms with Gasteiger partial charge >= 0.3 is 0 Å². The summed E-state index contributed by atoms with van der Waals surface area (Å²) >= 11 is 1.40. The number of nitrogens with zero attached hydrogens (tertiary/aromatic N) is 4. The molecule has 0 aromatic carbocycles. The highest BCUT2D eigenvalue weighted by Crippen LogP contribution is 2.31. The maximum absolute atomic E-state index is 12.3. The van der Waals surface area contributed by atoms with Crippen LogP contribution in [0.2, 0.25) is 0 Å². The van der Waals surface area contributed by atoms with Crippen molar-refractivity contribution in [3.63, 3.8) is 0 Å². The summed E-state index contributed by atoms with van der Waals surface area (Å²) in [4.78, 5) is 20.2. The van der Waals surface area contributed by atoms with Crippen molar-refractivity contribution < 1.29 is 18.3 Å². The molecular formula is C22H31F2N5O2S. The van der Waals surface area contributed by atoms with Gasteiger partial charge in [-0.3, -0.25) is 14.4 Å². The quantitative estimate of drug-likeness (QED) is 0.612. The molecule has 4 rings (SSSR count). The Morgan fingerprint density at radius 2 is 2.16 bits per heavy atom. The number of aromatic nitrogens is 3. The summed E-state index contributed by atoms with van der Waals surface area (Å²) in [6.45, 7) is 4.35. The molecule has 3 heterocycles. The molecule has 1 N–H and O–H groups in total.